The molecule has 0 saturated carbocycles. The first-order valence-electron chi connectivity index (χ1n) is 7.34. The number of nitrogens with zero attached hydrogens (tertiary/aromatic N) is 3. The number of hydrogen-bond donors (Lipinski definition) is 2. The van der Waals surface area contributed by atoms with Crippen LogP contribution in [0.15, 0.2) is 53.3 Å². The Hall–Kier alpha value is -3.48. The van der Waals surface area contributed by atoms with Gasteiger partial charge in [-0.05, 0) is 13.0 Å². The van der Waals surface area contributed by atoms with Crippen molar-refractivity contribution in [3.05, 3.63) is 60.0 Å². The van der Waals surface area contributed by atoms with Crippen LogP contribution in [0, 0.1) is 6.92 Å². The zero-order valence-corrected chi connectivity index (χ0v) is 12.8. The van der Waals surface area contributed by atoms with Crippen LogP contribution in [0.3, 0.4) is 0 Å². The van der Waals surface area contributed by atoms with Crippen LogP contribution in [0.1, 0.15) is 16.1 Å². The van der Waals surface area contributed by atoms with Crippen LogP contribution in [0.2, 0.25) is 0 Å². The van der Waals surface area contributed by atoms with Crippen molar-refractivity contribution in [3.8, 4) is 11.3 Å². The first kappa shape index (κ1) is 14.1. The van der Waals surface area contributed by atoms with E-state index in [4.69, 9.17) is 4.52 Å². The number of hydrogen-bond acceptors (Lipinski definition) is 5. The molecule has 0 radical (unpaired) electrons. The van der Waals surface area contributed by atoms with Gasteiger partial charge in [0.1, 0.15) is 0 Å². The molecule has 4 aromatic rings. The van der Waals surface area contributed by atoms with Crippen molar-refractivity contribution in [1.82, 2.24) is 20.3 Å². The molecule has 0 bridgehead atoms. The zero-order chi connectivity index (χ0) is 16.5. The van der Waals surface area contributed by atoms with Crippen molar-refractivity contribution in [1.29, 1.82) is 0 Å². The Labute approximate surface area is 136 Å². The van der Waals surface area contributed by atoms with E-state index in [9.17, 15) is 4.79 Å². The number of aromatic amines is 1. The quantitative estimate of drug-likeness (QED) is 0.604. The van der Waals surface area contributed by atoms with E-state index in [-0.39, 0.29) is 5.91 Å². The Bertz CT molecular complexity index is 1020. The molecule has 0 saturated heterocycles. The van der Waals surface area contributed by atoms with Crippen molar-refractivity contribution in [2.24, 2.45) is 0 Å². The molecule has 0 spiro atoms. The first-order chi connectivity index (χ1) is 11.7. The molecule has 2 N–H and O–H groups in total. The van der Waals surface area contributed by atoms with Crippen LogP contribution in [0.5, 0.6) is 0 Å². The number of pyridine rings is 1. The van der Waals surface area contributed by atoms with Crippen molar-refractivity contribution >= 4 is 22.7 Å². The number of amides is 1. The number of carbonyl (C=O) groups is 1. The molecular formula is C17H13N5O2. The third-order valence-electron chi connectivity index (χ3n) is 3.71. The molecule has 0 fully saturated rings. The molecule has 118 valence electrons. The lowest BCUT2D eigenvalue weighted by Crippen LogP contribution is -2.12. The van der Waals surface area contributed by atoms with E-state index >= 15 is 0 Å². The Morgan fingerprint density at radius 1 is 1.21 bits per heavy atom. The number of rotatable bonds is 3. The Morgan fingerprint density at radius 2 is 2.04 bits per heavy atom. The fourth-order valence-electron chi connectivity index (χ4n) is 2.50. The highest BCUT2D eigenvalue weighted by Crippen LogP contribution is 2.23. The highest BCUT2D eigenvalue weighted by atomic mass is 16.5. The summed E-state index contributed by atoms with van der Waals surface area (Å²) >= 11 is 0. The maximum absolute atomic E-state index is 12.6. The van der Waals surface area contributed by atoms with E-state index in [2.05, 4.69) is 25.7 Å². The summed E-state index contributed by atoms with van der Waals surface area (Å²) in [5.41, 5.74) is 3.76. The predicted molar refractivity (Wildman–Crippen MR) is 88.5 cm³/mol. The number of benzene rings is 1. The molecule has 3 heterocycles. The summed E-state index contributed by atoms with van der Waals surface area (Å²) < 4.78 is 5.07. The summed E-state index contributed by atoms with van der Waals surface area (Å²) in [6.07, 6.45) is 3.04. The van der Waals surface area contributed by atoms with Crippen molar-refractivity contribution < 1.29 is 9.32 Å². The molecular weight excluding hydrogens is 306 g/mol. The summed E-state index contributed by atoms with van der Waals surface area (Å²) in [6.45, 7) is 1.82. The highest BCUT2D eigenvalue weighted by molar-refractivity contribution is 6.08. The van der Waals surface area contributed by atoms with E-state index in [0.29, 0.717) is 22.7 Å². The molecule has 0 aliphatic heterocycles. The highest BCUT2D eigenvalue weighted by Gasteiger charge is 2.16. The average Bonchev–Trinajstić information content (AvgIpc) is 3.23. The molecule has 3 aromatic heterocycles. The van der Waals surface area contributed by atoms with Crippen LogP contribution in [-0.2, 0) is 0 Å². The molecule has 0 atom stereocenters. The van der Waals surface area contributed by atoms with Crippen LogP contribution < -0.4 is 5.32 Å². The van der Waals surface area contributed by atoms with Gasteiger partial charge in [-0.15, -0.1) is 0 Å². The number of nitrogens with one attached hydrogen (secondary N) is 2. The second kappa shape index (κ2) is 5.62. The summed E-state index contributed by atoms with van der Waals surface area (Å²) in [4.78, 5) is 16.7. The topological polar surface area (TPSA) is 96.7 Å². The van der Waals surface area contributed by atoms with Gasteiger partial charge in [0, 0.05) is 5.56 Å². The number of carbonyl (C=O) groups excluding carboxylic acids is 1. The van der Waals surface area contributed by atoms with Crippen LogP contribution in [0.4, 0.5) is 5.69 Å². The van der Waals surface area contributed by atoms with Crippen molar-refractivity contribution in [2.45, 2.75) is 6.92 Å². The number of fused-ring (bicyclic) bond motifs is 1. The maximum Gasteiger partial charge on any atom is 0.259 e. The standard InChI is InChI=1S/C17H13N5O2/c1-10-13-7-12(8-18-17(13)24-22-10)20-16(23)14-9-19-21-15(14)11-5-3-2-4-6-11/h2-9H,1H3,(H,19,21)(H,20,23). The first-order valence-corrected chi connectivity index (χ1v) is 7.34. The lowest BCUT2D eigenvalue weighted by Gasteiger charge is -2.05. The Balaban J connectivity index is 1.65. The lowest BCUT2D eigenvalue weighted by atomic mass is 10.1. The van der Waals surface area contributed by atoms with Crippen molar-refractivity contribution in [2.75, 3.05) is 5.32 Å². The minimum Gasteiger partial charge on any atom is -0.336 e. The van der Waals surface area contributed by atoms with Gasteiger partial charge >= 0.3 is 0 Å². The van der Waals surface area contributed by atoms with Gasteiger partial charge in [-0.25, -0.2) is 4.98 Å². The largest absolute Gasteiger partial charge is 0.336 e. The average molecular weight is 319 g/mol. The van der Waals surface area contributed by atoms with E-state index in [1.807, 2.05) is 37.3 Å². The zero-order valence-electron chi connectivity index (χ0n) is 12.8. The second-order valence-corrected chi connectivity index (χ2v) is 5.32. The van der Waals surface area contributed by atoms with Gasteiger partial charge in [-0.1, -0.05) is 35.5 Å². The third kappa shape index (κ3) is 2.41. The smallest absolute Gasteiger partial charge is 0.259 e. The van der Waals surface area contributed by atoms with Gasteiger partial charge in [0.2, 0.25) is 0 Å². The van der Waals surface area contributed by atoms with Crippen molar-refractivity contribution in [3.63, 3.8) is 0 Å². The molecule has 24 heavy (non-hydrogen) atoms. The minimum absolute atomic E-state index is 0.266. The maximum atomic E-state index is 12.6. The molecule has 4 rings (SSSR count). The molecule has 0 aliphatic rings. The number of aryl methyl sites for hydroxylation is 1. The van der Waals surface area contributed by atoms with E-state index < -0.39 is 0 Å². The third-order valence-corrected chi connectivity index (χ3v) is 3.71. The van der Waals surface area contributed by atoms with E-state index in [1.165, 1.54) is 12.4 Å². The van der Waals surface area contributed by atoms with Gasteiger partial charge in [0.05, 0.1) is 40.4 Å². The summed E-state index contributed by atoms with van der Waals surface area (Å²) in [5, 5.41) is 14.3. The predicted octanol–water partition coefficient (Wildman–Crippen LogP) is 3.17. The Morgan fingerprint density at radius 3 is 2.88 bits per heavy atom. The number of aromatic nitrogens is 4. The van der Waals surface area contributed by atoms with Crippen LogP contribution >= 0.6 is 0 Å². The number of H-pyrrole nitrogens is 1. The molecule has 7 nitrogen and oxygen atoms in total. The fraction of sp³-hybridized carbons (Fsp3) is 0.0588. The summed E-state index contributed by atoms with van der Waals surface area (Å²) in [5.74, 6) is -0.266. The van der Waals surface area contributed by atoms with E-state index in [1.54, 1.807) is 6.07 Å². The monoisotopic (exact) mass is 319 g/mol. The number of anilines is 1. The Kier molecular flexibility index (Phi) is 3.31. The van der Waals surface area contributed by atoms with Gasteiger partial charge in [-0.3, -0.25) is 9.89 Å². The minimum atomic E-state index is -0.266. The fourth-order valence-corrected chi connectivity index (χ4v) is 2.50. The second-order valence-electron chi connectivity index (χ2n) is 5.32. The summed E-state index contributed by atoms with van der Waals surface area (Å²) in [6, 6.07) is 11.3. The van der Waals surface area contributed by atoms with Gasteiger partial charge in [0.15, 0.2) is 0 Å². The van der Waals surface area contributed by atoms with Gasteiger partial charge in [-0.2, -0.15) is 5.10 Å². The van der Waals surface area contributed by atoms with Crippen LogP contribution in [0.25, 0.3) is 22.4 Å². The molecule has 7 heteroatoms. The molecule has 1 amide bonds. The summed E-state index contributed by atoms with van der Waals surface area (Å²) in [7, 11) is 0. The molecule has 0 unspecified atom stereocenters. The lowest BCUT2D eigenvalue weighted by molar-refractivity contribution is 0.102. The van der Waals surface area contributed by atoms with Gasteiger partial charge in [0.25, 0.3) is 11.6 Å². The normalized spacial score (nSPS) is 10.9. The van der Waals surface area contributed by atoms with Gasteiger partial charge < -0.3 is 9.84 Å². The SMILES string of the molecule is Cc1noc2ncc(NC(=O)c3cn[nH]c3-c3ccccc3)cc12. The molecule has 1 aromatic carbocycles. The van der Waals surface area contributed by atoms with Crippen LogP contribution in [-0.4, -0.2) is 26.2 Å². The molecule has 0 aliphatic carbocycles. The van der Waals surface area contributed by atoms with E-state index in [0.717, 1.165) is 16.6 Å².